The largest absolute Gasteiger partial charge is 0.380 e. The number of hydrogen-bond donors (Lipinski definition) is 3. The van der Waals surface area contributed by atoms with Crippen molar-refractivity contribution in [1.82, 2.24) is 9.88 Å². The Hall–Kier alpha value is -3.58. The van der Waals surface area contributed by atoms with Crippen LogP contribution in [0.5, 0.6) is 0 Å². The lowest BCUT2D eigenvalue weighted by Crippen LogP contribution is -2.44. The second-order valence-electron chi connectivity index (χ2n) is 7.78. The molecule has 1 saturated heterocycles. The Balaban J connectivity index is 1.46. The van der Waals surface area contributed by atoms with E-state index in [-0.39, 0.29) is 0 Å². The Morgan fingerprint density at radius 2 is 1.74 bits per heavy atom. The smallest absolute Gasteiger partial charge is 0.252 e. The van der Waals surface area contributed by atoms with Gasteiger partial charge in [-0.3, -0.25) is 4.79 Å². The highest BCUT2D eigenvalue weighted by Gasteiger charge is 2.14. The van der Waals surface area contributed by atoms with E-state index in [9.17, 15) is 4.79 Å². The van der Waals surface area contributed by atoms with Crippen molar-refractivity contribution in [3.05, 3.63) is 78.0 Å². The van der Waals surface area contributed by atoms with Gasteiger partial charge in [-0.1, -0.05) is 30.3 Å². The SMILES string of the molecule is CN1CCN(c2ccc(Nc3cc(NCc4ccccc4)c(C(N)=O)cn3)cc2)CC1. The first kappa shape index (κ1) is 20.7. The summed E-state index contributed by atoms with van der Waals surface area (Å²) in [7, 11) is 2.16. The van der Waals surface area contributed by atoms with Crippen molar-refractivity contribution in [3.63, 3.8) is 0 Å². The van der Waals surface area contributed by atoms with Gasteiger partial charge in [-0.15, -0.1) is 0 Å². The van der Waals surface area contributed by atoms with Gasteiger partial charge in [0.05, 0.1) is 11.3 Å². The van der Waals surface area contributed by atoms with Crippen LogP contribution in [0.1, 0.15) is 15.9 Å². The third kappa shape index (κ3) is 5.32. The van der Waals surface area contributed by atoms with E-state index in [1.165, 1.54) is 11.9 Å². The predicted octanol–water partition coefficient (Wildman–Crippen LogP) is 3.29. The van der Waals surface area contributed by atoms with Crippen LogP contribution in [0.2, 0.25) is 0 Å². The molecule has 3 aromatic rings. The number of pyridine rings is 1. The molecule has 0 radical (unpaired) electrons. The fourth-order valence-electron chi connectivity index (χ4n) is 3.63. The van der Waals surface area contributed by atoms with Crippen LogP contribution in [0.15, 0.2) is 66.9 Å². The summed E-state index contributed by atoms with van der Waals surface area (Å²) in [6.45, 7) is 4.82. The molecular formula is C24H28N6O. The molecule has 1 aliphatic heterocycles. The lowest BCUT2D eigenvalue weighted by Gasteiger charge is -2.34. The Kier molecular flexibility index (Phi) is 6.33. The number of carbonyl (C=O) groups excluding carboxylic acids is 1. The van der Waals surface area contributed by atoms with Crippen LogP contribution in [0, 0.1) is 0 Å². The number of piperazine rings is 1. The zero-order chi connectivity index (χ0) is 21.6. The quantitative estimate of drug-likeness (QED) is 0.548. The molecule has 0 spiro atoms. The van der Waals surface area contributed by atoms with Gasteiger partial charge >= 0.3 is 0 Å². The Morgan fingerprint density at radius 1 is 1.03 bits per heavy atom. The average Bonchev–Trinajstić information content (AvgIpc) is 2.79. The summed E-state index contributed by atoms with van der Waals surface area (Å²) in [4.78, 5) is 20.9. The number of nitrogens with zero attached hydrogens (tertiary/aromatic N) is 3. The van der Waals surface area contributed by atoms with Gasteiger partial charge in [0.25, 0.3) is 5.91 Å². The molecule has 7 nitrogen and oxygen atoms in total. The second kappa shape index (κ2) is 9.49. The van der Waals surface area contributed by atoms with Crippen molar-refractivity contribution in [3.8, 4) is 0 Å². The Bertz CT molecular complexity index is 1010. The number of rotatable bonds is 7. The molecule has 1 aromatic heterocycles. The molecule has 1 amide bonds. The van der Waals surface area contributed by atoms with E-state index in [1.807, 2.05) is 36.4 Å². The van der Waals surface area contributed by atoms with E-state index in [0.717, 1.165) is 37.4 Å². The summed E-state index contributed by atoms with van der Waals surface area (Å²) in [6.07, 6.45) is 1.51. The topological polar surface area (TPSA) is 86.5 Å². The zero-order valence-corrected chi connectivity index (χ0v) is 17.7. The number of hydrogen-bond acceptors (Lipinski definition) is 6. The van der Waals surface area contributed by atoms with Crippen molar-refractivity contribution < 1.29 is 4.79 Å². The molecule has 0 saturated carbocycles. The van der Waals surface area contributed by atoms with Gasteiger partial charge in [0.1, 0.15) is 5.82 Å². The molecule has 0 bridgehead atoms. The number of aromatic nitrogens is 1. The first-order chi connectivity index (χ1) is 15.1. The second-order valence-corrected chi connectivity index (χ2v) is 7.78. The number of nitrogens with two attached hydrogens (primary N) is 1. The third-order valence-corrected chi connectivity index (χ3v) is 5.50. The van der Waals surface area contributed by atoms with E-state index in [2.05, 4.69) is 56.7 Å². The Morgan fingerprint density at radius 3 is 2.42 bits per heavy atom. The van der Waals surface area contributed by atoms with Gasteiger partial charge in [-0.25, -0.2) is 4.98 Å². The molecule has 0 aliphatic carbocycles. The molecular weight excluding hydrogens is 388 g/mol. The third-order valence-electron chi connectivity index (χ3n) is 5.50. The molecule has 1 aliphatic rings. The Labute approximate surface area is 182 Å². The maximum Gasteiger partial charge on any atom is 0.252 e. The minimum atomic E-state index is -0.508. The minimum Gasteiger partial charge on any atom is -0.380 e. The van der Waals surface area contributed by atoms with Gasteiger partial charge in [-0.05, 0) is 36.9 Å². The molecule has 2 aromatic carbocycles. The number of primary amides is 1. The van der Waals surface area contributed by atoms with Crippen LogP contribution >= 0.6 is 0 Å². The van der Waals surface area contributed by atoms with Crippen LogP contribution in [-0.2, 0) is 6.54 Å². The van der Waals surface area contributed by atoms with Crippen molar-refractivity contribution in [1.29, 1.82) is 0 Å². The van der Waals surface area contributed by atoms with Gasteiger partial charge in [0.15, 0.2) is 0 Å². The van der Waals surface area contributed by atoms with Crippen molar-refractivity contribution in [2.75, 3.05) is 48.8 Å². The number of amides is 1. The highest BCUT2D eigenvalue weighted by molar-refractivity contribution is 5.98. The average molecular weight is 417 g/mol. The number of anilines is 4. The van der Waals surface area contributed by atoms with Crippen LogP contribution < -0.4 is 21.3 Å². The maximum atomic E-state index is 11.8. The number of carbonyl (C=O) groups is 1. The first-order valence-electron chi connectivity index (χ1n) is 10.5. The summed E-state index contributed by atoms with van der Waals surface area (Å²) < 4.78 is 0. The molecule has 0 atom stereocenters. The van der Waals surface area contributed by atoms with Gasteiger partial charge in [0.2, 0.25) is 0 Å². The van der Waals surface area contributed by atoms with Crippen molar-refractivity contribution >= 4 is 28.8 Å². The van der Waals surface area contributed by atoms with Crippen LogP contribution in [-0.4, -0.2) is 49.0 Å². The summed E-state index contributed by atoms with van der Waals surface area (Å²) >= 11 is 0. The van der Waals surface area contributed by atoms with E-state index < -0.39 is 5.91 Å². The molecule has 2 heterocycles. The fraction of sp³-hybridized carbons (Fsp3) is 0.250. The van der Waals surface area contributed by atoms with Crippen LogP contribution in [0.25, 0.3) is 0 Å². The van der Waals surface area contributed by atoms with Crippen LogP contribution in [0.4, 0.5) is 22.9 Å². The number of benzene rings is 2. The van der Waals surface area contributed by atoms with Gasteiger partial charge in [-0.2, -0.15) is 0 Å². The maximum absolute atomic E-state index is 11.8. The zero-order valence-electron chi connectivity index (χ0n) is 17.7. The standard InChI is InChI=1S/C24H28N6O/c1-29-11-13-30(14-12-29)20-9-7-19(8-10-20)28-23-15-22(21(17-27-23)24(25)31)26-16-18-5-3-2-4-6-18/h2-10,15,17H,11-14,16H2,1H3,(H2,25,31)(H2,26,27,28). The van der Waals surface area contributed by atoms with Crippen molar-refractivity contribution in [2.45, 2.75) is 6.54 Å². The van der Waals surface area contributed by atoms with Crippen molar-refractivity contribution in [2.24, 2.45) is 5.73 Å². The predicted molar refractivity (Wildman–Crippen MR) is 126 cm³/mol. The fourth-order valence-corrected chi connectivity index (χ4v) is 3.63. The van der Waals surface area contributed by atoms with E-state index in [4.69, 9.17) is 5.73 Å². The van der Waals surface area contributed by atoms with E-state index >= 15 is 0 Å². The summed E-state index contributed by atoms with van der Waals surface area (Å²) in [6, 6.07) is 20.2. The molecule has 160 valence electrons. The molecule has 4 N–H and O–H groups in total. The summed E-state index contributed by atoms with van der Waals surface area (Å²) in [5.74, 6) is 0.138. The first-order valence-corrected chi connectivity index (χ1v) is 10.5. The lowest BCUT2D eigenvalue weighted by atomic mass is 10.2. The summed E-state index contributed by atoms with van der Waals surface area (Å²) in [5, 5.41) is 6.62. The highest BCUT2D eigenvalue weighted by Crippen LogP contribution is 2.24. The van der Waals surface area contributed by atoms with Gasteiger partial charge in [0, 0.05) is 56.4 Å². The normalized spacial score (nSPS) is 14.3. The summed E-state index contributed by atoms with van der Waals surface area (Å²) in [5.41, 5.74) is 9.83. The van der Waals surface area contributed by atoms with E-state index in [1.54, 1.807) is 0 Å². The van der Waals surface area contributed by atoms with Crippen LogP contribution in [0.3, 0.4) is 0 Å². The molecule has 1 fully saturated rings. The molecule has 7 heteroatoms. The highest BCUT2D eigenvalue weighted by atomic mass is 16.1. The minimum absolute atomic E-state index is 0.367. The molecule has 4 rings (SSSR count). The van der Waals surface area contributed by atoms with E-state index in [0.29, 0.717) is 23.6 Å². The molecule has 0 unspecified atom stereocenters. The lowest BCUT2D eigenvalue weighted by molar-refractivity contribution is 0.100. The monoisotopic (exact) mass is 416 g/mol. The van der Waals surface area contributed by atoms with Gasteiger partial charge < -0.3 is 26.2 Å². The number of likely N-dealkylation sites (N-methyl/N-ethyl adjacent to an activating group) is 1. The number of nitrogens with one attached hydrogen (secondary N) is 2. The molecule has 31 heavy (non-hydrogen) atoms.